The molecule has 0 amide bonds. The Labute approximate surface area is 117 Å². The first-order chi connectivity index (χ1) is 9.46. The number of sulfonamides is 1. The van der Waals surface area contributed by atoms with Crippen LogP contribution < -0.4 is 5.32 Å². The molecule has 1 aliphatic rings. The molecule has 0 spiro atoms. The Kier molecular flexibility index (Phi) is 4.24. The van der Waals surface area contributed by atoms with Crippen LogP contribution in [-0.2, 0) is 10.0 Å². The van der Waals surface area contributed by atoms with Crippen LogP contribution in [0.3, 0.4) is 0 Å². The highest BCUT2D eigenvalue weighted by atomic mass is 32.2. The largest absolute Gasteiger partial charge is 0.385 e. The first-order valence-corrected chi connectivity index (χ1v) is 7.93. The molecular formula is C12H17N3O4S. The van der Waals surface area contributed by atoms with Crippen molar-refractivity contribution in [1.29, 1.82) is 0 Å². The van der Waals surface area contributed by atoms with E-state index in [4.69, 9.17) is 0 Å². The molecule has 0 aliphatic carbocycles. The summed E-state index contributed by atoms with van der Waals surface area (Å²) >= 11 is 0. The van der Waals surface area contributed by atoms with E-state index in [0.717, 1.165) is 12.8 Å². The zero-order valence-electron chi connectivity index (χ0n) is 11.2. The predicted octanol–water partition coefficient (Wildman–Crippen LogP) is 1.81. The number of nitrogens with zero attached hydrogens (tertiary/aromatic N) is 2. The number of anilines is 1. The Hall–Kier alpha value is -1.67. The van der Waals surface area contributed by atoms with E-state index in [1.54, 1.807) is 6.07 Å². The van der Waals surface area contributed by atoms with Gasteiger partial charge in [0, 0.05) is 31.4 Å². The number of rotatable bonds is 5. The minimum absolute atomic E-state index is 0.231. The number of benzene rings is 1. The van der Waals surface area contributed by atoms with Gasteiger partial charge in [-0.05, 0) is 31.9 Å². The monoisotopic (exact) mass is 299 g/mol. The van der Waals surface area contributed by atoms with E-state index in [1.165, 1.54) is 16.4 Å². The SMILES string of the molecule is CCNc1ccc(S(=O)(=O)N2CCCC2)c([N+](=O)[O-])c1. The average Bonchev–Trinajstić information content (AvgIpc) is 2.93. The van der Waals surface area contributed by atoms with E-state index in [-0.39, 0.29) is 10.6 Å². The van der Waals surface area contributed by atoms with Crippen LogP contribution in [0.2, 0.25) is 0 Å². The van der Waals surface area contributed by atoms with Crippen LogP contribution in [0.15, 0.2) is 23.1 Å². The average molecular weight is 299 g/mol. The lowest BCUT2D eigenvalue weighted by atomic mass is 10.3. The van der Waals surface area contributed by atoms with Crippen LogP contribution in [0.4, 0.5) is 11.4 Å². The van der Waals surface area contributed by atoms with Crippen molar-refractivity contribution in [3.8, 4) is 0 Å². The third-order valence-corrected chi connectivity index (χ3v) is 5.17. The summed E-state index contributed by atoms with van der Waals surface area (Å²) in [6.45, 7) is 3.32. The van der Waals surface area contributed by atoms with E-state index in [0.29, 0.717) is 25.3 Å². The summed E-state index contributed by atoms with van der Waals surface area (Å²) < 4.78 is 26.2. The summed E-state index contributed by atoms with van der Waals surface area (Å²) in [7, 11) is -3.78. The molecule has 1 aromatic carbocycles. The molecule has 1 aliphatic heterocycles. The lowest BCUT2D eigenvalue weighted by molar-refractivity contribution is -0.387. The molecule has 7 nitrogen and oxygen atoms in total. The number of nitro groups is 1. The summed E-state index contributed by atoms with van der Waals surface area (Å²) in [5.74, 6) is 0. The number of hydrogen-bond acceptors (Lipinski definition) is 5. The van der Waals surface area contributed by atoms with Crippen LogP contribution in [0.25, 0.3) is 0 Å². The maximum atomic E-state index is 12.4. The summed E-state index contributed by atoms with van der Waals surface area (Å²) in [6, 6.07) is 4.13. The van der Waals surface area contributed by atoms with Gasteiger partial charge >= 0.3 is 0 Å². The molecule has 20 heavy (non-hydrogen) atoms. The molecule has 1 N–H and O–H groups in total. The van der Waals surface area contributed by atoms with Gasteiger partial charge < -0.3 is 5.32 Å². The molecule has 0 bridgehead atoms. The zero-order valence-corrected chi connectivity index (χ0v) is 12.0. The third kappa shape index (κ3) is 2.75. The molecular weight excluding hydrogens is 282 g/mol. The fourth-order valence-corrected chi connectivity index (χ4v) is 3.91. The van der Waals surface area contributed by atoms with Gasteiger partial charge in [0.15, 0.2) is 4.90 Å². The van der Waals surface area contributed by atoms with Crippen LogP contribution in [-0.4, -0.2) is 37.3 Å². The van der Waals surface area contributed by atoms with E-state index < -0.39 is 14.9 Å². The lowest BCUT2D eigenvalue weighted by Crippen LogP contribution is -2.28. The van der Waals surface area contributed by atoms with Gasteiger partial charge in [0.2, 0.25) is 10.0 Å². The van der Waals surface area contributed by atoms with Crippen molar-refractivity contribution in [3.63, 3.8) is 0 Å². The van der Waals surface area contributed by atoms with Crippen LogP contribution in [0.1, 0.15) is 19.8 Å². The first-order valence-electron chi connectivity index (χ1n) is 6.49. The topological polar surface area (TPSA) is 92.6 Å². The molecule has 0 radical (unpaired) electrons. The van der Waals surface area contributed by atoms with Crippen molar-refractivity contribution in [2.24, 2.45) is 0 Å². The number of nitro benzene ring substituents is 1. The van der Waals surface area contributed by atoms with Gasteiger partial charge in [0.25, 0.3) is 5.69 Å². The highest BCUT2D eigenvalue weighted by Gasteiger charge is 2.33. The maximum Gasteiger partial charge on any atom is 0.291 e. The highest BCUT2D eigenvalue weighted by Crippen LogP contribution is 2.31. The predicted molar refractivity (Wildman–Crippen MR) is 75.3 cm³/mol. The zero-order chi connectivity index (χ0) is 14.8. The lowest BCUT2D eigenvalue weighted by Gasteiger charge is -2.16. The van der Waals surface area contributed by atoms with Crippen molar-refractivity contribution >= 4 is 21.4 Å². The Morgan fingerprint density at radius 3 is 2.55 bits per heavy atom. The van der Waals surface area contributed by atoms with Gasteiger partial charge in [0.05, 0.1) is 4.92 Å². The molecule has 0 atom stereocenters. The Balaban J connectivity index is 2.47. The summed E-state index contributed by atoms with van der Waals surface area (Å²) in [5.41, 5.74) is 0.162. The van der Waals surface area contributed by atoms with Gasteiger partial charge in [-0.25, -0.2) is 8.42 Å². The normalized spacial score (nSPS) is 16.2. The van der Waals surface area contributed by atoms with Crippen molar-refractivity contribution in [2.75, 3.05) is 25.0 Å². The Bertz CT molecular complexity index is 609. The minimum atomic E-state index is -3.78. The molecule has 1 aromatic rings. The molecule has 1 fully saturated rings. The van der Waals surface area contributed by atoms with Gasteiger partial charge in [-0.1, -0.05) is 0 Å². The molecule has 0 unspecified atom stereocenters. The van der Waals surface area contributed by atoms with Crippen LogP contribution in [0.5, 0.6) is 0 Å². The van der Waals surface area contributed by atoms with Gasteiger partial charge in [-0.2, -0.15) is 4.31 Å². The summed E-state index contributed by atoms with van der Waals surface area (Å²) in [6.07, 6.45) is 1.59. The smallest absolute Gasteiger partial charge is 0.291 e. The second-order valence-corrected chi connectivity index (χ2v) is 6.49. The molecule has 1 heterocycles. The number of nitrogens with one attached hydrogen (secondary N) is 1. The van der Waals surface area contributed by atoms with Crippen LogP contribution >= 0.6 is 0 Å². The van der Waals surface area contributed by atoms with Crippen molar-refractivity contribution in [1.82, 2.24) is 4.31 Å². The maximum absolute atomic E-state index is 12.4. The van der Waals surface area contributed by atoms with Crippen LogP contribution in [0, 0.1) is 10.1 Å². The number of hydrogen-bond donors (Lipinski definition) is 1. The first kappa shape index (κ1) is 14.7. The summed E-state index contributed by atoms with van der Waals surface area (Å²) in [4.78, 5) is 10.3. The quantitative estimate of drug-likeness (QED) is 0.661. The van der Waals surface area contributed by atoms with Gasteiger partial charge in [-0.15, -0.1) is 0 Å². The van der Waals surface area contributed by atoms with Gasteiger partial charge in [-0.3, -0.25) is 10.1 Å². The molecule has 8 heteroatoms. The second kappa shape index (κ2) is 5.76. The Morgan fingerprint density at radius 1 is 1.35 bits per heavy atom. The third-order valence-electron chi connectivity index (χ3n) is 3.22. The van der Waals surface area contributed by atoms with E-state index in [1.807, 2.05) is 6.92 Å². The van der Waals surface area contributed by atoms with E-state index in [2.05, 4.69) is 5.32 Å². The molecule has 0 aromatic heterocycles. The van der Waals surface area contributed by atoms with Crippen molar-refractivity contribution in [2.45, 2.75) is 24.7 Å². The Morgan fingerprint density at radius 2 is 2.00 bits per heavy atom. The van der Waals surface area contributed by atoms with Crippen molar-refractivity contribution < 1.29 is 13.3 Å². The van der Waals surface area contributed by atoms with E-state index in [9.17, 15) is 18.5 Å². The molecule has 110 valence electrons. The standard InChI is InChI=1S/C12H17N3O4S/c1-2-13-10-5-6-12(11(9-10)15(16)17)20(18,19)14-7-3-4-8-14/h5-6,9,13H,2-4,7-8H2,1H3. The van der Waals surface area contributed by atoms with E-state index >= 15 is 0 Å². The van der Waals surface area contributed by atoms with Crippen molar-refractivity contribution in [3.05, 3.63) is 28.3 Å². The minimum Gasteiger partial charge on any atom is -0.385 e. The fraction of sp³-hybridized carbons (Fsp3) is 0.500. The summed E-state index contributed by atoms with van der Waals surface area (Å²) in [5, 5.41) is 14.1. The highest BCUT2D eigenvalue weighted by molar-refractivity contribution is 7.89. The molecule has 2 rings (SSSR count). The second-order valence-electron chi connectivity index (χ2n) is 4.58. The van der Waals surface area contributed by atoms with Gasteiger partial charge in [0.1, 0.15) is 0 Å². The fourth-order valence-electron chi connectivity index (χ4n) is 2.26. The molecule has 0 saturated carbocycles. The molecule has 1 saturated heterocycles.